The Bertz CT molecular complexity index is 770. The predicted molar refractivity (Wildman–Crippen MR) is 103 cm³/mol. The lowest BCUT2D eigenvalue weighted by Gasteiger charge is -2.38. The molecule has 2 aromatic rings. The zero-order valence-corrected chi connectivity index (χ0v) is 15.6. The number of rotatable bonds is 2. The van der Waals surface area contributed by atoms with E-state index < -0.39 is 5.60 Å². The van der Waals surface area contributed by atoms with Crippen LogP contribution < -0.4 is 9.80 Å². The van der Waals surface area contributed by atoms with Crippen LogP contribution in [0.1, 0.15) is 26.3 Å². The average Bonchev–Trinajstić information content (AvgIpc) is 2.53. The van der Waals surface area contributed by atoms with Gasteiger partial charge in [-0.3, -0.25) is 4.90 Å². The Morgan fingerprint density at radius 1 is 1.08 bits per heavy atom. The highest BCUT2D eigenvalue weighted by atomic mass is 35.5. The molecule has 0 fully saturated rings. The molecule has 1 heterocycles. The molecule has 5 heteroatoms. The Balaban J connectivity index is 1.85. The molecule has 25 heavy (non-hydrogen) atoms. The van der Waals surface area contributed by atoms with E-state index in [-0.39, 0.29) is 6.09 Å². The summed E-state index contributed by atoms with van der Waals surface area (Å²) in [6.45, 7) is 7.72. The second-order valence-electron chi connectivity index (χ2n) is 7.17. The van der Waals surface area contributed by atoms with Gasteiger partial charge in [-0.2, -0.15) is 0 Å². The van der Waals surface area contributed by atoms with Crippen molar-refractivity contribution in [3.05, 3.63) is 59.1 Å². The summed E-state index contributed by atoms with van der Waals surface area (Å²) in [4.78, 5) is 16.5. The van der Waals surface area contributed by atoms with E-state index in [9.17, 15) is 4.79 Å². The number of anilines is 2. The van der Waals surface area contributed by atoms with Gasteiger partial charge >= 0.3 is 6.09 Å². The number of ether oxygens (including phenoxy) is 1. The summed E-state index contributed by atoms with van der Waals surface area (Å²) in [5, 5.41) is 0.734. The quantitative estimate of drug-likeness (QED) is 0.748. The van der Waals surface area contributed by atoms with Crippen molar-refractivity contribution in [2.45, 2.75) is 32.9 Å². The van der Waals surface area contributed by atoms with E-state index >= 15 is 0 Å². The van der Waals surface area contributed by atoms with Gasteiger partial charge in [0.2, 0.25) is 0 Å². The largest absolute Gasteiger partial charge is 0.443 e. The SMILES string of the molecule is CC(C)(C)OC(=O)N1CCN(Cc2cccc(Cl)c2)c2ccccc21. The zero-order chi connectivity index (χ0) is 18.0. The summed E-state index contributed by atoms with van der Waals surface area (Å²) in [6.07, 6.45) is -0.303. The van der Waals surface area contributed by atoms with Gasteiger partial charge in [0.15, 0.2) is 0 Å². The minimum Gasteiger partial charge on any atom is -0.443 e. The van der Waals surface area contributed by atoms with E-state index in [1.54, 1.807) is 4.90 Å². The van der Waals surface area contributed by atoms with Crippen LogP contribution >= 0.6 is 11.6 Å². The van der Waals surface area contributed by atoms with Crippen LogP contribution in [-0.4, -0.2) is 24.8 Å². The number of fused-ring (bicyclic) bond motifs is 1. The van der Waals surface area contributed by atoms with Crippen molar-refractivity contribution >= 4 is 29.1 Å². The van der Waals surface area contributed by atoms with Gasteiger partial charge in [-0.15, -0.1) is 0 Å². The first-order valence-corrected chi connectivity index (χ1v) is 8.80. The van der Waals surface area contributed by atoms with Gasteiger partial charge in [0.1, 0.15) is 5.60 Å². The number of para-hydroxylation sites is 2. The fraction of sp³-hybridized carbons (Fsp3) is 0.350. The normalized spacial score (nSPS) is 14.2. The van der Waals surface area contributed by atoms with Crippen LogP contribution in [0.15, 0.2) is 48.5 Å². The molecule has 0 spiro atoms. The van der Waals surface area contributed by atoms with Gasteiger partial charge < -0.3 is 9.64 Å². The van der Waals surface area contributed by atoms with Crippen LogP contribution in [0.25, 0.3) is 0 Å². The van der Waals surface area contributed by atoms with Crippen LogP contribution in [0.4, 0.5) is 16.2 Å². The molecule has 0 aromatic heterocycles. The number of carbonyl (C=O) groups excluding carboxylic acids is 1. The maximum Gasteiger partial charge on any atom is 0.414 e. The molecular formula is C20H23ClN2O2. The summed E-state index contributed by atoms with van der Waals surface area (Å²) >= 11 is 6.10. The highest BCUT2D eigenvalue weighted by Gasteiger charge is 2.29. The first-order valence-electron chi connectivity index (χ1n) is 8.42. The molecule has 1 amide bonds. The van der Waals surface area contributed by atoms with Crippen molar-refractivity contribution in [3.8, 4) is 0 Å². The number of carbonyl (C=O) groups is 1. The third-order valence-electron chi connectivity index (χ3n) is 3.98. The highest BCUT2D eigenvalue weighted by molar-refractivity contribution is 6.30. The second kappa shape index (κ2) is 6.96. The van der Waals surface area contributed by atoms with Crippen molar-refractivity contribution in [2.75, 3.05) is 22.9 Å². The van der Waals surface area contributed by atoms with E-state index in [4.69, 9.17) is 16.3 Å². The summed E-state index contributed by atoms with van der Waals surface area (Å²) in [5.74, 6) is 0. The molecule has 0 unspecified atom stereocenters. The van der Waals surface area contributed by atoms with Crippen LogP contribution in [0.5, 0.6) is 0 Å². The van der Waals surface area contributed by atoms with Gasteiger partial charge in [-0.05, 0) is 50.6 Å². The summed E-state index contributed by atoms with van der Waals surface area (Å²) in [6, 6.07) is 15.8. The van der Waals surface area contributed by atoms with Crippen LogP contribution in [0, 0.1) is 0 Å². The van der Waals surface area contributed by atoms with E-state index in [1.165, 1.54) is 0 Å². The Labute approximate surface area is 154 Å². The summed E-state index contributed by atoms with van der Waals surface area (Å²) < 4.78 is 5.55. The molecular weight excluding hydrogens is 336 g/mol. The van der Waals surface area contributed by atoms with Crippen molar-refractivity contribution in [3.63, 3.8) is 0 Å². The van der Waals surface area contributed by atoms with Crippen molar-refractivity contribution in [2.24, 2.45) is 0 Å². The number of hydrogen-bond donors (Lipinski definition) is 0. The fourth-order valence-corrected chi connectivity index (χ4v) is 3.16. The molecule has 0 bridgehead atoms. The second-order valence-corrected chi connectivity index (χ2v) is 7.61. The number of hydrogen-bond acceptors (Lipinski definition) is 3. The van der Waals surface area contributed by atoms with Crippen LogP contribution in [0.2, 0.25) is 5.02 Å². The number of benzene rings is 2. The van der Waals surface area contributed by atoms with Crippen LogP contribution in [0.3, 0.4) is 0 Å². The van der Waals surface area contributed by atoms with Gasteiger partial charge in [0, 0.05) is 24.7 Å². The molecule has 0 atom stereocenters. The van der Waals surface area contributed by atoms with Gasteiger partial charge in [0.25, 0.3) is 0 Å². The van der Waals surface area contributed by atoms with E-state index in [0.717, 1.165) is 35.1 Å². The number of halogens is 1. The minimum absolute atomic E-state index is 0.303. The molecule has 4 nitrogen and oxygen atoms in total. The van der Waals surface area contributed by atoms with Gasteiger partial charge in [0.05, 0.1) is 11.4 Å². The highest BCUT2D eigenvalue weighted by Crippen LogP contribution is 2.34. The summed E-state index contributed by atoms with van der Waals surface area (Å²) in [5.41, 5.74) is 2.54. The molecule has 3 rings (SSSR count). The molecule has 0 saturated carbocycles. The number of nitrogens with zero attached hydrogens (tertiary/aromatic N) is 2. The Kier molecular flexibility index (Phi) is 4.91. The molecule has 0 saturated heterocycles. The van der Waals surface area contributed by atoms with Gasteiger partial charge in [-0.25, -0.2) is 4.79 Å². The Morgan fingerprint density at radius 2 is 1.80 bits per heavy atom. The summed E-state index contributed by atoms with van der Waals surface area (Å²) in [7, 11) is 0. The van der Waals surface area contributed by atoms with Gasteiger partial charge in [-0.1, -0.05) is 35.9 Å². The molecule has 0 aliphatic carbocycles. The third-order valence-corrected chi connectivity index (χ3v) is 4.22. The molecule has 0 N–H and O–H groups in total. The molecule has 0 radical (unpaired) electrons. The Hall–Kier alpha value is -2.20. The Morgan fingerprint density at radius 3 is 2.48 bits per heavy atom. The maximum absolute atomic E-state index is 12.6. The van der Waals surface area contributed by atoms with E-state index in [1.807, 2.05) is 63.2 Å². The zero-order valence-electron chi connectivity index (χ0n) is 14.8. The van der Waals surface area contributed by atoms with Crippen molar-refractivity contribution < 1.29 is 9.53 Å². The van der Waals surface area contributed by atoms with Crippen molar-refractivity contribution in [1.82, 2.24) is 0 Å². The lowest BCUT2D eigenvalue weighted by Crippen LogP contribution is -2.45. The maximum atomic E-state index is 12.6. The smallest absolute Gasteiger partial charge is 0.414 e. The fourth-order valence-electron chi connectivity index (χ4n) is 2.95. The topological polar surface area (TPSA) is 32.8 Å². The molecule has 1 aliphatic heterocycles. The minimum atomic E-state index is -0.510. The van der Waals surface area contributed by atoms with Crippen LogP contribution in [-0.2, 0) is 11.3 Å². The molecule has 2 aromatic carbocycles. The monoisotopic (exact) mass is 358 g/mol. The van der Waals surface area contributed by atoms with E-state index in [2.05, 4.69) is 11.0 Å². The predicted octanol–water partition coefficient (Wildman–Crippen LogP) is 5.10. The molecule has 1 aliphatic rings. The third kappa shape index (κ3) is 4.26. The molecule has 132 valence electrons. The standard InChI is InChI=1S/C20H23ClN2O2/c1-20(2,3)25-19(24)23-12-11-22(17-9-4-5-10-18(17)23)14-15-7-6-8-16(21)13-15/h4-10,13H,11-12,14H2,1-3H3. The number of amides is 1. The lowest BCUT2D eigenvalue weighted by molar-refractivity contribution is 0.0580. The first kappa shape index (κ1) is 17.6. The van der Waals surface area contributed by atoms with Crippen molar-refractivity contribution in [1.29, 1.82) is 0 Å². The average molecular weight is 359 g/mol. The van der Waals surface area contributed by atoms with E-state index in [0.29, 0.717) is 6.54 Å². The first-order chi connectivity index (χ1) is 11.8. The lowest BCUT2D eigenvalue weighted by atomic mass is 10.1.